The molecule has 0 aliphatic carbocycles. The van der Waals surface area contributed by atoms with Crippen LogP contribution in [0, 0.1) is 6.92 Å². The number of aromatic amines is 1. The molecule has 6 heteroatoms. The number of nitrogens with zero attached hydrogens (tertiary/aromatic N) is 2. The van der Waals surface area contributed by atoms with Crippen LogP contribution in [0.15, 0.2) is 20.4 Å². The summed E-state index contributed by atoms with van der Waals surface area (Å²) in [5.41, 5.74) is 0.234. The molecule has 5 nitrogen and oxygen atoms in total. The Kier molecular flexibility index (Phi) is 2.51. The van der Waals surface area contributed by atoms with Gasteiger partial charge in [0.05, 0.1) is 0 Å². The summed E-state index contributed by atoms with van der Waals surface area (Å²) >= 11 is 0. The molecule has 0 aliphatic rings. The van der Waals surface area contributed by atoms with Gasteiger partial charge >= 0.3 is 0 Å². The highest BCUT2D eigenvalue weighted by Gasteiger charge is 2.07. The van der Waals surface area contributed by atoms with Crippen LogP contribution in [0.3, 0.4) is 0 Å². The number of aromatic nitrogens is 2. The maximum absolute atomic E-state index is 11.7. The second-order valence-corrected chi connectivity index (χ2v) is 5.03. The van der Waals surface area contributed by atoms with E-state index in [9.17, 15) is 9.00 Å². The summed E-state index contributed by atoms with van der Waals surface area (Å²) in [6, 6.07) is 1.34. The molecule has 0 spiro atoms. The zero-order chi connectivity index (χ0) is 10.1. The SMILES string of the molecule is CN=[S@](C)(=O)c1nc(C)cc(=O)[nH]1. The van der Waals surface area contributed by atoms with Gasteiger partial charge in [0.25, 0.3) is 5.56 Å². The van der Waals surface area contributed by atoms with Crippen molar-refractivity contribution in [3.8, 4) is 0 Å². The van der Waals surface area contributed by atoms with Crippen LogP contribution in [0.4, 0.5) is 0 Å². The topological polar surface area (TPSA) is 75.2 Å². The number of nitrogens with one attached hydrogen (secondary N) is 1. The first-order valence-corrected chi connectivity index (χ1v) is 5.56. The lowest BCUT2D eigenvalue weighted by Crippen LogP contribution is -2.14. The van der Waals surface area contributed by atoms with Gasteiger partial charge in [0.1, 0.15) is 9.73 Å². The van der Waals surface area contributed by atoms with E-state index in [4.69, 9.17) is 0 Å². The fourth-order valence-electron chi connectivity index (χ4n) is 0.817. The maximum Gasteiger partial charge on any atom is 0.251 e. The van der Waals surface area contributed by atoms with E-state index in [0.717, 1.165) is 0 Å². The van der Waals surface area contributed by atoms with Crippen LogP contribution in [0.1, 0.15) is 5.69 Å². The van der Waals surface area contributed by atoms with Crippen molar-refractivity contribution < 1.29 is 4.21 Å². The van der Waals surface area contributed by atoms with Gasteiger partial charge in [-0.2, -0.15) is 0 Å². The Morgan fingerprint density at radius 1 is 1.62 bits per heavy atom. The monoisotopic (exact) mass is 201 g/mol. The molecule has 0 saturated carbocycles. The molecule has 1 atom stereocenters. The van der Waals surface area contributed by atoms with Crippen LogP contribution in [-0.2, 0) is 9.73 Å². The molecule has 0 saturated heterocycles. The summed E-state index contributed by atoms with van der Waals surface area (Å²) in [5.74, 6) is 0. The molecule has 72 valence electrons. The Morgan fingerprint density at radius 2 is 2.23 bits per heavy atom. The van der Waals surface area contributed by atoms with Crippen LogP contribution in [0.25, 0.3) is 0 Å². The zero-order valence-electron chi connectivity index (χ0n) is 7.70. The van der Waals surface area contributed by atoms with Gasteiger partial charge in [-0.05, 0) is 6.92 Å². The average molecular weight is 201 g/mol. The number of aryl methyl sites for hydroxylation is 1. The van der Waals surface area contributed by atoms with Gasteiger partial charge in [0, 0.05) is 25.1 Å². The highest BCUT2D eigenvalue weighted by atomic mass is 32.2. The minimum Gasteiger partial charge on any atom is -0.299 e. The summed E-state index contributed by atoms with van der Waals surface area (Å²) in [6.07, 6.45) is 1.44. The lowest BCUT2D eigenvalue weighted by molar-refractivity contribution is 0.670. The van der Waals surface area contributed by atoms with Gasteiger partial charge in [0.15, 0.2) is 0 Å². The standard InChI is InChI=1S/C7H11N3O2S/c1-5-4-6(11)10-7(9-5)13(3,12)8-2/h4H,1-3H3,(H,9,10,11)/t13-/m1/s1. The normalized spacial score (nSPS) is 15.0. The van der Waals surface area contributed by atoms with Crippen LogP contribution < -0.4 is 5.56 Å². The number of hydrogen-bond donors (Lipinski definition) is 1. The smallest absolute Gasteiger partial charge is 0.251 e. The van der Waals surface area contributed by atoms with E-state index in [2.05, 4.69) is 14.3 Å². The molecule has 1 heterocycles. The third-order valence-electron chi connectivity index (χ3n) is 1.56. The molecular weight excluding hydrogens is 190 g/mol. The van der Waals surface area contributed by atoms with Gasteiger partial charge in [-0.1, -0.05) is 0 Å². The largest absolute Gasteiger partial charge is 0.299 e. The summed E-state index contributed by atoms with van der Waals surface area (Å²) in [4.78, 5) is 17.4. The summed E-state index contributed by atoms with van der Waals surface area (Å²) < 4.78 is 15.3. The summed E-state index contributed by atoms with van der Waals surface area (Å²) in [7, 11) is -1.10. The van der Waals surface area contributed by atoms with Crippen molar-refractivity contribution in [3.63, 3.8) is 0 Å². The molecule has 0 aromatic carbocycles. The minimum atomic E-state index is -2.53. The van der Waals surface area contributed by atoms with Crippen LogP contribution in [-0.4, -0.2) is 27.5 Å². The Bertz CT molecular complexity index is 483. The highest BCUT2D eigenvalue weighted by molar-refractivity contribution is 7.92. The van der Waals surface area contributed by atoms with Crippen molar-refractivity contribution in [1.29, 1.82) is 0 Å². The predicted molar refractivity (Wildman–Crippen MR) is 50.3 cm³/mol. The van der Waals surface area contributed by atoms with Crippen LogP contribution in [0.2, 0.25) is 0 Å². The first kappa shape index (κ1) is 9.91. The van der Waals surface area contributed by atoms with E-state index in [1.165, 1.54) is 19.4 Å². The Balaban J connectivity index is 3.50. The molecule has 0 fully saturated rings. The number of hydrogen-bond acceptors (Lipinski definition) is 4. The Labute approximate surface area is 76.4 Å². The zero-order valence-corrected chi connectivity index (χ0v) is 8.51. The molecule has 1 aromatic rings. The fourth-order valence-corrected chi connectivity index (χ4v) is 1.59. The average Bonchev–Trinajstić information content (AvgIpc) is 2.02. The molecule has 0 aliphatic heterocycles. The highest BCUT2D eigenvalue weighted by Crippen LogP contribution is 2.01. The molecular formula is C7H11N3O2S. The summed E-state index contributed by atoms with van der Waals surface area (Å²) in [5, 5.41) is 0.139. The second kappa shape index (κ2) is 3.29. The van der Waals surface area contributed by atoms with Crippen LogP contribution >= 0.6 is 0 Å². The lowest BCUT2D eigenvalue weighted by Gasteiger charge is -2.01. The third-order valence-corrected chi connectivity index (χ3v) is 3.16. The number of H-pyrrole nitrogens is 1. The van der Waals surface area contributed by atoms with Crippen LogP contribution in [0.5, 0.6) is 0 Å². The molecule has 0 unspecified atom stereocenters. The van der Waals surface area contributed by atoms with E-state index in [0.29, 0.717) is 5.69 Å². The van der Waals surface area contributed by atoms with Crippen molar-refractivity contribution in [1.82, 2.24) is 9.97 Å². The first-order valence-electron chi connectivity index (χ1n) is 3.64. The lowest BCUT2D eigenvalue weighted by atomic mass is 10.5. The second-order valence-electron chi connectivity index (χ2n) is 2.68. The van der Waals surface area contributed by atoms with Gasteiger partial charge in [-0.3, -0.25) is 9.78 Å². The summed E-state index contributed by atoms with van der Waals surface area (Å²) in [6.45, 7) is 1.67. The molecule has 0 radical (unpaired) electrons. The predicted octanol–water partition coefficient (Wildman–Crippen LogP) is 0.165. The van der Waals surface area contributed by atoms with Gasteiger partial charge in [-0.25, -0.2) is 13.6 Å². The molecule has 13 heavy (non-hydrogen) atoms. The van der Waals surface area contributed by atoms with E-state index in [1.54, 1.807) is 6.92 Å². The van der Waals surface area contributed by atoms with Crippen molar-refractivity contribution >= 4 is 9.73 Å². The van der Waals surface area contributed by atoms with Crippen molar-refractivity contribution in [2.24, 2.45) is 4.36 Å². The van der Waals surface area contributed by atoms with E-state index >= 15 is 0 Å². The van der Waals surface area contributed by atoms with Gasteiger partial charge in [0.2, 0.25) is 5.16 Å². The maximum atomic E-state index is 11.7. The van der Waals surface area contributed by atoms with Crippen molar-refractivity contribution in [3.05, 3.63) is 22.1 Å². The van der Waals surface area contributed by atoms with E-state index < -0.39 is 9.73 Å². The molecule has 0 amide bonds. The number of rotatable bonds is 1. The molecule has 1 rings (SSSR count). The first-order chi connectivity index (χ1) is 5.95. The quantitative estimate of drug-likeness (QED) is 0.658. The van der Waals surface area contributed by atoms with E-state index in [1.807, 2.05) is 0 Å². The van der Waals surface area contributed by atoms with Gasteiger partial charge in [-0.15, -0.1) is 0 Å². The Morgan fingerprint density at radius 3 is 2.69 bits per heavy atom. The van der Waals surface area contributed by atoms with Crippen molar-refractivity contribution in [2.75, 3.05) is 13.3 Å². The third kappa shape index (κ3) is 2.15. The minimum absolute atomic E-state index is 0.139. The Hall–Kier alpha value is -1.17. The molecule has 1 N–H and O–H groups in total. The molecule has 1 aromatic heterocycles. The van der Waals surface area contributed by atoms with Gasteiger partial charge < -0.3 is 0 Å². The molecule has 0 bridgehead atoms. The fraction of sp³-hybridized carbons (Fsp3) is 0.429. The van der Waals surface area contributed by atoms with Crippen molar-refractivity contribution in [2.45, 2.75) is 12.1 Å². The van der Waals surface area contributed by atoms with E-state index in [-0.39, 0.29) is 10.7 Å².